The number of fused-ring (bicyclic) bond motifs is 2. The molecule has 2 aliphatic carbocycles. The van der Waals surface area contributed by atoms with Gasteiger partial charge in [-0.2, -0.15) is 0 Å². The molecule has 0 aliphatic heterocycles. The van der Waals surface area contributed by atoms with Crippen LogP contribution in [0.4, 0.5) is 0 Å². The number of hydrogen-bond acceptors (Lipinski definition) is 2. The second-order valence-corrected chi connectivity index (χ2v) is 15.0. The maximum Gasteiger partial charge on any atom is 0.118 e. The van der Waals surface area contributed by atoms with E-state index in [-0.39, 0.29) is 11.3 Å². The zero-order chi connectivity index (χ0) is 37.4. The van der Waals surface area contributed by atoms with E-state index in [9.17, 15) is 0 Å². The Morgan fingerprint density at radius 1 is 0.519 bits per heavy atom. The lowest BCUT2D eigenvalue weighted by Gasteiger charge is -2.28. The monoisotopic (exact) mass is 702 g/mol. The molecule has 0 radical (unpaired) electrons. The zero-order valence-electron chi connectivity index (χ0n) is 32.0. The van der Waals surface area contributed by atoms with Gasteiger partial charge in [-0.3, -0.25) is 0 Å². The van der Waals surface area contributed by atoms with E-state index in [4.69, 9.17) is 9.47 Å². The molecule has 2 heteroatoms. The van der Waals surface area contributed by atoms with Crippen LogP contribution in [0.3, 0.4) is 0 Å². The first-order chi connectivity index (χ1) is 26.3. The van der Waals surface area contributed by atoms with Crippen LogP contribution >= 0.6 is 0 Å². The number of allylic oxidation sites excluding steroid dienone is 5. The molecule has 0 bridgehead atoms. The van der Waals surface area contributed by atoms with Gasteiger partial charge in [0.2, 0.25) is 0 Å². The number of rotatable bonds is 7. The molecule has 1 atom stereocenters. The van der Waals surface area contributed by atoms with Crippen LogP contribution in [0, 0.1) is 11.3 Å². The second kappa shape index (κ2) is 14.4. The molecule has 0 spiro atoms. The molecular weight excluding hydrogens is 657 g/mol. The molecule has 6 aromatic rings. The van der Waals surface area contributed by atoms with Gasteiger partial charge in [-0.25, -0.2) is 0 Å². The second-order valence-electron chi connectivity index (χ2n) is 15.0. The van der Waals surface area contributed by atoms with Gasteiger partial charge in [-0.15, -0.1) is 0 Å². The molecule has 266 valence electrons. The summed E-state index contributed by atoms with van der Waals surface area (Å²) in [6, 6.07) is 57.0. The van der Waals surface area contributed by atoms with Crippen LogP contribution in [0.15, 0.2) is 186 Å². The maximum atomic E-state index is 5.64. The van der Waals surface area contributed by atoms with Crippen molar-refractivity contribution >= 4 is 16.7 Å². The summed E-state index contributed by atoms with van der Waals surface area (Å²) in [7, 11) is 3.44. The van der Waals surface area contributed by atoms with E-state index in [1.807, 2.05) is 12.1 Å². The van der Waals surface area contributed by atoms with Crippen LogP contribution in [0.5, 0.6) is 11.5 Å². The van der Waals surface area contributed by atoms with Gasteiger partial charge in [-0.1, -0.05) is 153 Å². The van der Waals surface area contributed by atoms with Crippen LogP contribution in [0.1, 0.15) is 61.1 Å². The van der Waals surface area contributed by atoms with Crippen LogP contribution in [-0.2, 0) is 0 Å². The average Bonchev–Trinajstić information content (AvgIpc) is 3.33. The number of benzene rings is 6. The molecule has 1 fully saturated rings. The Morgan fingerprint density at radius 2 is 1.02 bits per heavy atom. The number of hydrogen-bond donors (Lipinski definition) is 0. The molecule has 0 N–H and O–H groups in total. The highest BCUT2D eigenvalue weighted by Gasteiger charge is 2.48. The number of methoxy groups -OCH3 is 2. The summed E-state index contributed by atoms with van der Waals surface area (Å²) in [6.45, 7) is 9.48. The van der Waals surface area contributed by atoms with Crippen molar-refractivity contribution in [1.82, 2.24) is 0 Å². The molecule has 2 nitrogen and oxygen atoms in total. The van der Waals surface area contributed by atoms with Crippen LogP contribution in [0.25, 0.3) is 27.8 Å². The summed E-state index contributed by atoms with van der Waals surface area (Å²) >= 11 is 0. The summed E-state index contributed by atoms with van der Waals surface area (Å²) in [5, 5.41) is 0. The van der Waals surface area contributed by atoms with E-state index in [1.54, 1.807) is 14.2 Å². The molecule has 0 heterocycles. The average molecular weight is 703 g/mol. The lowest BCUT2D eigenvalue weighted by molar-refractivity contribution is 0.414. The van der Waals surface area contributed by atoms with Gasteiger partial charge in [0.1, 0.15) is 11.5 Å². The smallest absolute Gasteiger partial charge is 0.118 e. The summed E-state index contributed by atoms with van der Waals surface area (Å²) < 4.78 is 11.2. The first kappa shape index (κ1) is 34.9. The van der Waals surface area contributed by atoms with Crippen molar-refractivity contribution in [3.05, 3.63) is 219 Å². The van der Waals surface area contributed by atoms with Gasteiger partial charge in [0.25, 0.3) is 0 Å². The lowest BCUT2D eigenvalue weighted by Crippen LogP contribution is -2.15. The van der Waals surface area contributed by atoms with Crippen molar-refractivity contribution in [3.63, 3.8) is 0 Å². The van der Waals surface area contributed by atoms with Crippen molar-refractivity contribution in [1.29, 1.82) is 0 Å². The normalized spacial score (nSPS) is 15.9. The van der Waals surface area contributed by atoms with Gasteiger partial charge in [-0.05, 0) is 122 Å². The molecule has 1 saturated carbocycles. The van der Waals surface area contributed by atoms with Crippen LogP contribution in [-0.4, -0.2) is 14.2 Å². The van der Waals surface area contributed by atoms with E-state index in [1.165, 1.54) is 72.4 Å². The van der Waals surface area contributed by atoms with E-state index in [2.05, 4.69) is 179 Å². The molecule has 0 aromatic heterocycles. The van der Waals surface area contributed by atoms with E-state index >= 15 is 0 Å². The van der Waals surface area contributed by atoms with Crippen molar-refractivity contribution in [2.24, 2.45) is 11.3 Å². The first-order valence-electron chi connectivity index (χ1n) is 18.8. The Hall–Kier alpha value is -6.12. The van der Waals surface area contributed by atoms with Crippen molar-refractivity contribution in [2.45, 2.75) is 27.7 Å². The topological polar surface area (TPSA) is 18.5 Å². The predicted molar refractivity (Wildman–Crippen MR) is 226 cm³/mol. The quantitative estimate of drug-likeness (QED) is 0.165. The highest BCUT2D eigenvalue weighted by Crippen LogP contribution is 2.62. The van der Waals surface area contributed by atoms with Gasteiger partial charge < -0.3 is 9.47 Å². The molecule has 0 saturated heterocycles. The highest BCUT2D eigenvalue weighted by molar-refractivity contribution is 6.00. The van der Waals surface area contributed by atoms with E-state index in [0.29, 0.717) is 0 Å². The zero-order valence-corrected chi connectivity index (χ0v) is 32.0. The molecule has 8 rings (SSSR count). The van der Waals surface area contributed by atoms with Gasteiger partial charge in [0.05, 0.1) is 14.2 Å². The molecular formula is C52H46O2. The Balaban J connectivity index is 1.55. The molecule has 6 aromatic carbocycles. The largest absolute Gasteiger partial charge is 0.497 e. The standard InChI is InChI=1S/C52H46O2/c1-34(2)50-49(47(37-16-10-7-11-17-37)38-18-12-8-13-19-38)46-33-44(36-24-29-42(54-6)30-25-36)43-31-26-40(35-22-27-41(53-5)28-23-35)32-45(43)48(51(46)52(50,3)4)39-20-14-9-15-21-39/h7-33,46H,1-6H3. The fourth-order valence-electron chi connectivity index (χ4n) is 8.95. The van der Waals surface area contributed by atoms with Crippen molar-refractivity contribution in [3.8, 4) is 22.6 Å². The van der Waals surface area contributed by atoms with Crippen molar-refractivity contribution in [2.75, 3.05) is 14.2 Å². The molecule has 1 unspecified atom stereocenters. The Kier molecular flexibility index (Phi) is 9.29. The maximum absolute atomic E-state index is 5.64. The fourth-order valence-corrected chi connectivity index (χ4v) is 8.95. The summed E-state index contributed by atoms with van der Waals surface area (Å²) in [5.41, 5.74) is 18.6. The SMILES string of the molecule is COc1ccc(C2=CC3C(=C(c4ccccc4)c4ccccc4)C(=C(C)C)C(C)(C)C3=C(c3ccccc3)c3cc(-c4ccc(OC)cc4)ccc32)cc1. The highest BCUT2D eigenvalue weighted by atomic mass is 16.5. The van der Waals surface area contributed by atoms with Gasteiger partial charge in [0.15, 0.2) is 0 Å². The number of ether oxygens (including phenoxy) is 2. The minimum atomic E-state index is -0.307. The fraction of sp³-hybridized carbons (Fsp3) is 0.154. The molecule has 54 heavy (non-hydrogen) atoms. The van der Waals surface area contributed by atoms with E-state index < -0.39 is 0 Å². The van der Waals surface area contributed by atoms with Crippen LogP contribution < -0.4 is 9.47 Å². The molecule has 2 aliphatic rings. The Labute approximate surface area is 320 Å². The Bertz CT molecular complexity index is 2400. The van der Waals surface area contributed by atoms with Crippen LogP contribution in [0.2, 0.25) is 0 Å². The summed E-state index contributed by atoms with van der Waals surface area (Å²) in [5.74, 6) is 1.67. The third-order valence-electron chi connectivity index (χ3n) is 11.2. The summed E-state index contributed by atoms with van der Waals surface area (Å²) in [6.07, 6.45) is 2.57. The lowest BCUT2D eigenvalue weighted by atomic mass is 9.75. The third-order valence-corrected chi connectivity index (χ3v) is 11.2. The third kappa shape index (κ3) is 6.12. The van der Waals surface area contributed by atoms with Gasteiger partial charge >= 0.3 is 0 Å². The van der Waals surface area contributed by atoms with Gasteiger partial charge in [0, 0.05) is 11.3 Å². The predicted octanol–water partition coefficient (Wildman–Crippen LogP) is 13.1. The minimum absolute atomic E-state index is 0.0237. The summed E-state index contributed by atoms with van der Waals surface area (Å²) in [4.78, 5) is 0. The first-order valence-corrected chi connectivity index (χ1v) is 18.8. The Morgan fingerprint density at radius 3 is 1.54 bits per heavy atom. The minimum Gasteiger partial charge on any atom is -0.497 e. The van der Waals surface area contributed by atoms with E-state index in [0.717, 1.165) is 22.6 Å². The van der Waals surface area contributed by atoms with Crippen molar-refractivity contribution < 1.29 is 9.47 Å². The molecule has 0 amide bonds.